The molecule has 1 heterocycles. The highest BCUT2D eigenvalue weighted by Crippen LogP contribution is 2.46. The minimum atomic E-state index is -3.66. The molecule has 1 atom stereocenters. The summed E-state index contributed by atoms with van der Waals surface area (Å²) >= 11 is 0. The summed E-state index contributed by atoms with van der Waals surface area (Å²) in [7, 11) is -3.66. The van der Waals surface area contributed by atoms with Crippen LogP contribution in [0.15, 0.2) is 53.4 Å². The first-order valence-electron chi connectivity index (χ1n) is 9.13. The van der Waals surface area contributed by atoms with Crippen molar-refractivity contribution < 1.29 is 13.2 Å². The smallest absolute Gasteiger partial charge is 0.264 e. The lowest BCUT2D eigenvalue weighted by Crippen LogP contribution is -2.34. The number of nitrogens with zero attached hydrogens (tertiary/aromatic N) is 1. The minimum absolute atomic E-state index is 0.293. The number of carbonyl (C=O) groups is 1. The van der Waals surface area contributed by atoms with Gasteiger partial charge in [-0.15, -0.1) is 0 Å². The number of aryl methyl sites for hydroxylation is 1. The average molecular weight is 369 g/mol. The lowest BCUT2D eigenvalue weighted by molar-refractivity contribution is -0.126. The molecule has 2 aliphatic rings. The van der Waals surface area contributed by atoms with Crippen molar-refractivity contribution in [2.24, 2.45) is 5.41 Å². The zero-order valence-electron chi connectivity index (χ0n) is 14.9. The summed E-state index contributed by atoms with van der Waals surface area (Å²) < 4.78 is 28.2. The van der Waals surface area contributed by atoms with Crippen molar-refractivity contribution in [2.75, 3.05) is 10.8 Å². The van der Waals surface area contributed by atoms with Gasteiger partial charge < -0.3 is 0 Å². The van der Waals surface area contributed by atoms with Gasteiger partial charge in [0.15, 0.2) is 0 Å². The summed E-state index contributed by atoms with van der Waals surface area (Å²) in [5.74, 6) is 0.293. The van der Waals surface area contributed by atoms with E-state index in [1.165, 1.54) is 4.31 Å². The molecule has 1 unspecified atom stereocenters. The maximum atomic E-state index is 13.3. The van der Waals surface area contributed by atoms with Crippen molar-refractivity contribution in [2.45, 2.75) is 43.9 Å². The van der Waals surface area contributed by atoms with Crippen LogP contribution in [0, 0.1) is 12.3 Å². The van der Waals surface area contributed by atoms with Gasteiger partial charge in [0.2, 0.25) is 0 Å². The molecule has 1 saturated carbocycles. The number of rotatable bonds is 2. The van der Waals surface area contributed by atoms with Crippen LogP contribution in [-0.4, -0.2) is 20.7 Å². The molecule has 0 N–H and O–H groups in total. The third-order valence-electron chi connectivity index (χ3n) is 5.84. The van der Waals surface area contributed by atoms with Crippen LogP contribution < -0.4 is 4.31 Å². The van der Waals surface area contributed by atoms with Gasteiger partial charge in [0.1, 0.15) is 5.78 Å². The van der Waals surface area contributed by atoms with E-state index in [4.69, 9.17) is 0 Å². The summed E-state index contributed by atoms with van der Waals surface area (Å²) in [5.41, 5.74) is 2.30. The normalized spacial score (nSPS) is 23.1. The third kappa shape index (κ3) is 2.75. The Morgan fingerprint density at radius 1 is 1.00 bits per heavy atom. The van der Waals surface area contributed by atoms with Crippen LogP contribution in [0.1, 0.15) is 36.8 Å². The van der Waals surface area contributed by atoms with Crippen molar-refractivity contribution in [1.29, 1.82) is 0 Å². The summed E-state index contributed by atoms with van der Waals surface area (Å²) in [5, 5.41) is 0. The second-order valence-electron chi connectivity index (χ2n) is 7.50. The molecule has 1 fully saturated rings. The Balaban J connectivity index is 1.80. The number of anilines is 1. The van der Waals surface area contributed by atoms with Gasteiger partial charge in [0.05, 0.1) is 10.6 Å². The Hall–Kier alpha value is -2.14. The monoisotopic (exact) mass is 369 g/mol. The Bertz CT molecular complexity index is 949. The lowest BCUT2D eigenvalue weighted by Gasteiger charge is -2.26. The summed E-state index contributed by atoms with van der Waals surface area (Å²) in [6.45, 7) is 2.28. The van der Waals surface area contributed by atoms with Crippen LogP contribution in [0.3, 0.4) is 0 Å². The summed E-state index contributed by atoms with van der Waals surface area (Å²) in [4.78, 5) is 12.9. The number of hydrogen-bond donors (Lipinski definition) is 0. The van der Waals surface area contributed by atoms with Crippen molar-refractivity contribution in [3.05, 3.63) is 59.7 Å². The van der Waals surface area contributed by atoms with E-state index in [1.54, 1.807) is 12.1 Å². The van der Waals surface area contributed by atoms with E-state index >= 15 is 0 Å². The van der Waals surface area contributed by atoms with Crippen LogP contribution in [-0.2, 0) is 21.2 Å². The Morgan fingerprint density at radius 3 is 2.42 bits per heavy atom. The second-order valence-corrected chi connectivity index (χ2v) is 9.37. The van der Waals surface area contributed by atoms with Gasteiger partial charge in [-0.2, -0.15) is 0 Å². The van der Waals surface area contributed by atoms with E-state index in [0.29, 0.717) is 42.2 Å². The molecule has 26 heavy (non-hydrogen) atoms. The van der Waals surface area contributed by atoms with Crippen LogP contribution >= 0.6 is 0 Å². The number of Topliss-reactive ketones (excluding diaryl/α,β-unsaturated/α-hetero) is 1. The second kappa shape index (κ2) is 6.23. The highest BCUT2D eigenvalue weighted by molar-refractivity contribution is 7.92. The highest BCUT2D eigenvalue weighted by atomic mass is 32.2. The first-order chi connectivity index (χ1) is 12.4. The van der Waals surface area contributed by atoms with E-state index in [9.17, 15) is 13.2 Å². The Labute approximate surface area is 154 Å². The third-order valence-corrected chi connectivity index (χ3v) is 7.67. The number of sulfonamides is 1. The molecule has 4 rings (SSSR count). The summed E-state index contributed by atoms with van der Waals surface area (Å²) in [6, 6.07) is 14.6. The molecule has 1 spiro atoms. The van der Waals surface area contributed by atoms with Crippen molar-refractivity contribution in [3.63, 3.8) is 0 Å². The summed E-state index contributed by atoms with van der Waals surface area (Å²) in [6.07, 6.45) is 3.62. The largest absolute Gasteiger partial charge is 0.299 e. The van der Waals surface area contributed by atoms with Crippen LogP contribution in [0.4, 0.5) is 5.69 Å². The number of para-hydroxylation sites is 1. The first-order valence-corrected chi connectivity index (χ1v) is 10.6. The molecule has 0 bridgehead atoms. The molecule has 2 aromatic carbocycles. The molecule has 0 aromatic heterocycles. The number of benzene rings is 2. The van der Waals surface area contributed by atoms with Gasteiger partial charge in [0, 0.05) is 18.4 Å². The number of ketones is 1. The fraction of sp³-hybridized carbons (Fsp3) is 0.381. The molecule has 5 heteroatoms. The molecular formula is C21H23NO3S. The van der Waals surface area contributed by atoms with Gasteiger partial charge in [-0.25, -0.2) is 8.42 Å². The quantitative estimate of drug-likeness (QED) is 0.807. The minimum Gasteiger partial charge on any atom is -0.299 e. The van der Waals surface area contributed by atoms with Gasteiger partial charge in [-0.1, -0.05) is 35.9 Å². The first kappa shape index (κ1) is 17.3. The Morgan fingerprint density at radius 2 is 1.73 bits per heavy atom. The molecule has 1 aliphatic carbocycles. The highest BCUT2D eigenvalue weighted by Gasteiger charge is 2.45. The fourth-order valence-electron chi connectivity index (χ4n) is 4.32. The van der Waals surface area contributed by atoms with Gasteiger partial charge in [-0.05, 0) is 56.4 Å². The fourth-order valence-corrected chi connectivity index (χ4v) is 5.83. The van der Waals surface area contributed by atoms with Gasteiger partial charge in [-0.3, -0.25) is 9.10 Å². The van der Waals surface area contributed by atoms with Crippen molar-refractivity contribution in [3.8, 4) is 0 Å². The number of carbonyl (C=O) groups excluding carboxylic acids is 1. The molecule has 0 saturated heterocycles. The van der Waals surface area contributed by atoms with E-state index in [2.05, 4.69) is 0 Å². The molecule has 0 amide bonds. The predicted octanol–water partition coefficient (Wildman–Crippen LogP) is 3.88. The molecule has 1 aliphatic heterocycles. The zero-order chi connectivity index (χ0) is 18.4. The van der Waals surface area contributed by atoms with Crippen LogP contribution in [0.5, 0.6) is 0 Å². The van der Waals surface area contributed by atoms with E-state index in [0.717, 1.165) is 24.0 Å². The average Bonchev–Trinajstić information content (AvgIpc) is 2.87. The predicted molar refractivity (Wildman–Crippen MR) is 102 cm³/mol. The zero-order valence-corrected chi connectivity index (χ0v) is 15.8. The van der Waals surface area contributed by atoms with Gasteiger partial charge >= 0.3 is 0 Å². The van der Waals surface area contributed by atoms with Crippen LogP contribution in [0.2, 0.25) is 0 Å². The molecule has 2 aromatic rings. The molecule has 0 radical (unpaired) electrons. The van der Waals surface area contributed by atoms with Crippen molar-refractivity contribution in [1.82, 2.24) is 0 Å². The number of fused-ring (bicyclic) bond motifs is 1. The molecule has 136 valence electrons. The van der Waals surface area contributed by atoms with E-state index in [-0.39, 0.29) is 0 Å². The van der Waals surface area contributed by atoms with Crippen LogP contribution in [0.25, 0.3) is 0 Å². The SMILES string of the molecule is Cc1ccc(S(=O)(=O)N2CCC3(CCCC3=O)Cc3ccccc32)cc1. The Kier molecular flexibility index (Phi) is 4.14. The standard InChI is InChI=1S/C21H23NO3S/c1-16-8-10-18(11-9-16)26(24,25)22-14-13-21(12-4-7-20(21)23)15-17-5-2-3-6-19(17)22/h2-3,5-6,8-11H,4,7,12-15H2,1H3. The lowest BCUT2D eigenvalue weighted by atomic mass is 9.77. The number of hydrogen-bond acceptors (Lipinski definition) is 3. The van der Waals surface area contributed by atoms with Gasteiger partial charge in [0.25, 0.3) is 10.0 Å². The molecule has 4 nitrogen and oxygen atoms in total. The molecular weight excluding hydrogens is 346 g/mol. The van der Waals surface area contributed by atoms with E-state index in [1.807, 2.05) is 43.3 Å². The van der Waals surface area contributed by atoms with E-state index < -0.39 is 15.4 Å². The maximum absolute atomic E-state index is 13.3. The topological polar surface area (TPSA) is 54.5 Å². The van der Waals surface area contributed by atoms with Crippen molar-refractivity contribution >= 4 is 21.5 Å². The maximum Gasteiger partial charge on any atom is 0.264 e.